The summed E-state index contributed by atoms with van der Waals surface area (Å²) in [4.78, 5) is 27.8. The monoisotopic (exact) mass is 407 g/mol. The number of piperidine rings is 1. The predicted molar refractivity (Wildman–Crippen MR) is 108 cm³/mol. The van der Waals surface area contributed by atoms with E-state index >= 15 is 0 Å². The maximum atomic E-state index is 13.9. The Morgan fingerprint density at radius 3 is 2.70 bits per heavy atom. The third kappa shape index (κ3) is 3.10. The van der Waals surface area contributed by atoms with Crippen LogP contribution in [0.5, 0.6) is 0 Å². The Bertz CT molecular complexity index is 1100. The third-order valence-corrected chi connectivity index (χ3v) is 6.14. The van der Waals surface area contributed by atoms with E-state index < -0.39 is 5.82 Å². The minimum absolute atomic E-state index is 0.140. The van der Waals surface area contributed by atoms with Gasteiger partial charge >= 0.3 is 0 Å². The number of carbonyl (C=O) groups excluding carboxylic acids is 1. The molecule has 0 radical (unpaired) electrons. The van der Waals surface area contributed by atoms with Gasteiger partial charge in [0.2, 0.25) is 0 Å². The van der Waals surface area contributed by atoms with Gasteiger partial charge < -0.3 is 9.80 Å². The van der Waals surface area contributed by atoms with Crippen LogP contribution in [-0.2, 0) is 0 Å². The molecule has 1 aromatic carbocycles. The van der Waals surface area contributed by atoms with Gasteiger partial charge in [-0.1, -0.05) is 0 Å². The average molecular weight is 407 g/mol. The lowest BCUT2D eigenvalue weighted by Gasteiger charge is -2.54. The molecule has 2 fully saturated rings. The van der Waals surface area contributed by atoms with E-state index in [0.29, 0.717) is 30.3 Å². The van der Waals surface area contributed by atoms with Crippen LogP contribution in [0, 0.1) is 25.6 Å². The van der Waals surface area contributed by atoms with Gasteiger partial charge in [-0.3, -0.25) is 9.78 Å². The molecule has 30 heavy (non-hydrogen) atoms. The van der Waals surface area contributed by atoms with Crippen molar-refractivity contribution < 1.29 is 9.18 Å². The molecule has 0 bridgehead atoms. The van der Waals surface area contributed by atoms with Crippen LogP contribution >= 0.6 is 0 Å². The molecule has 5 rings (SSSR count). The summed E-state index contributed by atoms with van der Waals surface area (Å²) in [5, 5.41) is 8.13. The van der Waals surface area contributed by atoms with Crippen LogP contribution in [0.1, 0.15) is 28.2 Å². The van der Waals surface area contributed by atoms with E-state index in [1.165, 1.54) is 35.4 Å². The van der Waals surface area contributed by atoms with Crippen molar-refractivity contribution in [1.29, 1.82) is 0 Å². The van der Waals surface area contributed by atoms with Crippen LogP contribution in [0.4, 0.5) is 10.2 Å². The van der Waals surface area contributed by atoms with E-state index in [0.717, 1.165) is 30.2 Å². The van der Waals surface area contributed by atoms with E-state index in [-0.39, 0.29) is 11.9 Å². The average Bonchev–Trinajstić information content (AvgIpc) is 3.26. The number of nitrogens with zero attached hydrogens (tertiary/aromatic N) is 7. The molecule has 2 aliphatic heterocycles. The molecule has 2 saturated heterocycles. The maximum absolute atomic E-state index is 13.9. The smallest absolute Gasteiger partial charge is 0.256 e. The van der Waals surface area contributed by atoms with Gasteiger partial charge in [-0.15, -0.1) is 0 Å². The molecule has 154 valence electrons. The van der Waals surface area contributed by atoms with E-state index in [1.54, 1.807) is 6.20 Å². The van der Waals surface area contributed by atoms with Crippen LogP contribution in [0.25, 0.3) is 5.69 Å². The summed E-state index contributed by atoms with van der Waals surface area (Å²) in [7, 11) is 0. The number of carbonyl (C=O) groups is 1. The van der Waals surface area contributed by atoms with Crippen LogP contribution in [-0.4, -0.2) is 61.4 Å². The van der Waals surface area contributed by atoms with Crippen molar-refractivity contribution in [2.75, 3.05) is 24.5 Å². The highest BCUT2D eigenvalue weighted by molar-refractivity contribution is 5.97. The second-order valence-corrected chi connectivity index (χ2v) is 7.90. The number of rotatable bonds is 3. The quantitative estimate of drug-likeness (QED) is 0.662. The molecule has 2 aromatic heterocycles. The van der Waals surface area contributed by atoms with Crippen molar-refractivity contribution in [2.24, 2.45) is 5.92 Å². The minimum Gasteiger partial charge on any atom is -0.350 e. The van der Waals surface area contributed by atoms with E-state index in [1.807, 2.05) is 18.7 Å². The number of halogens is 1. The highest BCUT2D eigenvalue weighted by atomic mass is 19.1. The van der Waals surface area contributed by atoms with Crippen molar-refractivity contribution in [3.63, 3.8) is 0 Å². The van der Waals surface area contributed by atoms with Gasteiger partial charge in [-0.05, 0) is 32.4 Å². The lowest BCUT2D eigenvalue weighted by atomic mass is 9.82. The Morgan fingerprint density at radius 2 is 1.93 bits per heavy atom. The molecule has 0 aliphatic carbocycles. The highest BCUT2D eigenvalue weighted by Gasteiger charge is 2.44. The number of likely N-dealkylation sites (tertiary alicyclic amines) is 1. The number of aromatic nitrogens is 5. The number of hydrogen-bond acceptors (Lipinski definition) is 6. The Morgan fingerprint density at radius 1 is 1.13 bits per heavy atom. The molecule has 0 saturated carbocycles. The molecule has 9 heteroatoms. The summed E-state index contributed by atoms with van der Waals surface area (Å²) in [5.41, 5.74) is 2.58. The van der Waals surface area contributed by atoms with Gasteiger partial charge in [0, 0.05) is 31.6 Å². The number of hydrogen-bond donors (Lipinski definition) is 0. The first kappa shape index (κ1) is 18.7. The zero-order valence-corrected chi connectivity index (χ0v) is 16.9. The molecule has 0 N–H and O–H groups in total. The van der Waals surface area contributed by atoms with Crippen molar-refractivity contribution >= 4 is 11.7 Å². The van der Waals surface area contributed by atoms with Gasteiger partial charge in [0.25, 0.3) is 5.91 Å². The number of fused-ring (bicyclic) bond motifs is 1. The molecule has 0 spiro atoms. The molecule has 2 aliphatic rings. The standard InChI is InChI=1S/C21H22FN7O/c1-13-14(2)26-20(10-23-13)28-11-15-5-8-27(12-19(15)28)21(30)17-4-3-16(22)9-18(17)29-24-6-7-25-29/h3-4,6-7,9-10,15,19H,5,8,11-12H2,1-2H3/t15-,19-/m0/s1. The van der Waals surface area contributed by atoms with Crippen molar-refractivity contribution in [3.8, 4) is 5.69 Å². The Labute approximate surface area is 173 Å². The second-order valence-electron chi connectivity index (χ2n) is 7.90. The summed E-state index contributed by atoms with van der Waals surface area (Å²) in [6, 6.07) is 4.31. The number of anilines is 1. The molecule has 1 amide bonds. The van der Waals surface area contributed by atoms with Gasteiger partial charge in [0.1, 0.15) is 17.3 Å². The van der Waals surface area contributed by atoms with Crippen molar-refractivity contribution in [3.05, 3.63) is 59.6 Å². The van der Waals surface area contributed by atoms with Crippen molar-refractivity contribution in [2.45, 2.75) is 26.3 Å². The number of aryl methyl sites for hydroxylation is 2. The fourth-order valence-electron chi connectivity index (χ4n) is 4.27. The zero-order chi connectivity index (χ0) is 20.8. The Kier molecular flexibility index (Phi) is 4.45. The highest BCUT2D eigenvalue weighted by Crippen LogP contribution is 2.36. The van der Waals surface area contributed by atoms with Gasteiger partial charge in [-0.25, -0.2) is 9.37 Å². The van der Waals surface area contributed by atoms with Gasteiger partial charge in [0.05, 0.1) is 41.6 Å². The molecule has 2 atom stereocenters. The summed E-state index contributed by atoms with van der Waals surface area (Å²) in [6.07, 6.45) is 5.74. The zero-order valence-electron chi connectivity index (χ0n) is 16.9. The van der Waals surface area contributed by atoms with E-state index in [9.17, 15) is 9.18 Å². The second kappa shape index (κ2) is 7.16. The minimum atomic E-state index is -0.434. The fourth-order valence-corrected chi connectivity index (χ4v) is 4.27. The SMILES string of the molecule is Cc1ncc(N2C[C@@H]3CCN(C(=O)c4ccc(F)cc4-n4nccn4)C[C@@H]32)nc1C. The lowest BCUT2D eigenvalue weighted by molar-refractivity contribution is 0.0590. The lowest BCUT2D eigenvalue weighted by Crippen LogP contribution is -2.65. The predicted octanol–water partition coefficient (Wildman–Crippen LogP) is 2.16. The summed E-state index contributed by atoms with van der Waals surface area (Å²) in [5.74, 6) is 0.824. The first-order chi connectivity index (χ1) is 14.5. The first-order valence-electron chi connectivity index (χ1n) is 10.0. The molecule has 8 nitrogen and oxygen atoms in total. The fraction of sp³-hybridized carbons (Fsp3) is 0.381. The first-order valence-corrected chi connectivity index (χ1v) is 10.0. The largest absolute Gasteiger partial charge is 0.350 e. The Balaban J connectivity index is 1.39. The maximum Gasteiger partial charge on any atom is 0.256 e. The summed E-state index contributed by atoms with van der Waals surface area (Å²) in [6.45, 7) is 6.11. The number of amides is 1. The summed E-state index contributed by atoms with van der Waals surface area (Å²) >= 11 is 0. The topological polar surface area (TPSA) is 80.0 Å². The van der Waals surface area contributed by atoms with E-state index in [2.05, 4.69) is 25.1 Å². The van der Waals surface area contributed by atoms with Gasteiger partial charge in [0.15, 0.2) is 0 Å². The number of benzene rings is 1. The van der Waals surface area contributed by atoms with Crippen LogP contribution in [0.3, 0.4) is 0 Å². The van der Waals surface area contributed by atoms with Crippen LogP contribution in [0.2, 0.25) is 0 Å². The molecule has 3 aromatic rings. The molecule has 0 unspecified atom stereocenters. The van der Waals surface area contributed by atoms with Crippen molar-refractivity contribution in [1.82, 2.24) is 29.9 Å². The normalized spacial score (nSPS) is 20.6. The van der Waals surface area contributed by atoms with Crippen LogP contribution < -0.4 is 4.90 Å². The van der Waals surface area contributed by atoms with Crippen LogP contribution in [0.15, 0.2) is 36.8 Å². The summed E-state index contributed by atoms with van der Waals surface area (Å²) < 4.78 is 13.9. The molecular weight excluding hydrogens is 385 g/mol. The van der Waals surface area contributed by atoms with Gasteiger partial charge in [-0.2, -0.15) is 15.0 Å². The third-order valence-electron chi connectivity index (χ3n) is 6.14. The Hall–Kier alpha value is -3.36. The van der Waals surface area contributed by atoms with E-state index in [4.69, 9.17) is 0 Å². The molecule has 4 heterocycles. The molecular formula is C21H22FN7O.